The highest BCUT2D eigenvalue weighted by Crippen LogP contribution is 2.47. The van der Waals surface area contributed by atoms with Gasteiger partial charge in [0.05, 0.1) is 12.5 Å². The van der Waals surface area contributed by atoms with Crippen LogP contribution in [0.25, 0.3) is 0 Å². The molecule has 3 heteroatoms. The van der Waals surface area contributed by atoms with E-state index in [2.05, 4.69) is 0 Å². The first kappa shape index (κ1) is 9.00. The van der Waals surface area contributed by atoms with Crippen molar-refractivity contribution in [1.29, 1.82) is 0 Å². The minimum Gasteiger partial charge on any atom is -0.466 e. The average Bonchev–Trinajstić information content (AvgIpc) is 2.63. The Hall–Kier alpha value is -0.570. The van der Waals surface area contributed by atoms with E-state index in [9.17, 15) is 4.79 Å². The molecule has 2 N–H and O–H groups in total. The van der Waals surface area contributed by atoms with Crippen LogP contribution in [-0.4, -0.2) is 18.6 Å². The van der Waals surface area contributed by atoms with Crippen LogP contribution in [0, 0.1) is 17.8 Å². The molecule has 2 rings (SSSR count). The van der Waals surface area contributed by atoms with Crippen LogP contribution in [0.3, 0.4) is 0 Å². The maximum atomic E-state index is 11.5. The van der Waals surface area contributed by atoms with Gasteiger partial charge in [0.2, 0.25) is 0 Å². The van der Waals surface area contributed by atoms with Crippen molar-refractivity contribution in [3.63, 3.8) is 0 Å². The fraction of sp³-hybridized carbons (Fsp3) is 0.900. The number of carbonyl (C=O) groups excluding carboxylic acids is 1. The molecular formula is C10H17NO2. The third-order valence-electron chi connectivity index (χ3n) is 3.54. The number of hydrogen-bond donors (Lipinski definition) is 1. The molecule has 0 radical (unpaired) electrons. The summed E-state index contributed by atoms with van der Waals surface area (Å²) in [6, 6.07) is 0.0674. The SMILES string of the molecule is CCOC(=O)C1C(N)[C@H]2CC[C@@H]1C2. The summed E-state index contributed by atoms with van der Waals surface area (Å²) < 4.78 is 5.03. The number of hydrogen-bond acceptors (Lipinski definition) is 3. The Morgan fingerprint density at radius 3 is 2.69 bits per heavy atom. The van der Waals surface area contributed by atoms with Crippen LogP contribution in [0.1, 0.15) is 26.2 Å². The van der Waals surface area contributed by atoms with Crippen molar-refractivity contribution in [2.45, 2.75) is 32.2 Å². The summed E-state index contributed by atoms with van der Waals surface area (Å²) in [5.41, 5.74) is 5.99. The number of nitrogens with two attached hydrogens (primary N) is 1. The van der Waals surface area contributed by atoms with Crippen molar-refractivity contribution in [1.82, 2.24) is 0 Å². The second-order valence-corrected chi connectivity index (χ2v) is 4.19. The molecule has 0 aliphatic heterocycles. The van der Waals surface area contributed by atoms with Crippen molar-refractivity contribution < 1.29 is 9.53 Å². The van der Waals surface area contributed by atoms with Crippen LogP contribution in [0.5, 0.6) is 0 Å². The molecule has 2 unspecified atom stereocenters. The quantitative estimate of drug-likeness (QED) is 0.648. The molecule has 2 aliphatic carbocycles. The van der Waals surface area contributed by atoms with Gasteiger partial charge in [0.1, 0.15) is 0 Å². The van der Waals surface area contributed by atoms with Gasteiger partial charge in [-0.3, -0.25) is 4.79 Å². The molecule has 0 heterocycles. The molecule has 0 amide bonds. The van der Waals surface area contributed by atoms with Crippen molar-refractivity contribution in [3.8, 4) is 0 Å². The first-order valence-electron chi connectivity index (χ1n) is 5.16. The highest BCUT2D eigenvalue weighted by molar-refractivity contribution is 5.74. The Morgan fingerprint density at radius 1 is 1.46 bits per heavy atom. The van der Waals surface area contributed by atoms with Gasteiger partial charge in [0, 0.05) is 6.04 Å². The molecule has 2 bridgehead atoms. The lowest BCUT2D eigenvalue weighted by atomic mass is 9.85. The Bertz CT molecular complexity index is 215. The number of fused-ring (bicyclic) bond motifs is 2. The average molecular weight is 183 g/mol. The predicted octanol–water partition coefficient (Wildman–Crippen LogP) is 0.923. The maximum Gasteiger partial charge on any atom is 0.310 e. The van der Waals surface area contributed by atoms with E-state index in [1.165, 1.54) is 12.8 Å². The topological polar surface area (TPSA) is 52.3 Å². The third-order valence-corrected chi connectivity index (χ3v) is 3.54. The molecule has 13 heavy (non-hydrogen) atoms. The van der Waals surface area contributed by atoms with Crippen LogP contribution in [0.2, 0.25) is 0 Å². The third kappa shape index (κ3) is 1.35. The molecule has 0 aromatic rings. The van der Waals surface area contributed by atoms with Gasteiger partial charge in [-0.2, -0.15) is 0 Å². The van der Waals surface area contributed by atoms with E-state index in [0.717, 1.165) is 6.42 Å². The van der Waals surface area contributed by atoms with Crippen LogP contribution in [0.4, 0.5) is 0 Å². The number of carbonyl (C=O) groups is 1. The summed E-state index contributed by atoms with van der Waals surface area (Å²) in [4.78, 5) is 11.5. The summed E-state index contributed by atoms with van der Waals surface area (Å²) in [6.07, 6.45) is 3.52. The molecule has 2 fully saturated rings. The van der Waals surface area contributed by atoms with Gasteiger partial charge >= 0.3 is 5.97 Å². The fourth-order valence-corrected chi connectivity index (χ4v) is 2.92. The minimum atomic E-state index is -0.0674. The molecule has 0 aromatic carbocycles. The van der Waals surface area contributed by atoms with E-state index in [0.29, 0.717) is 18.4 Å². The monoisotopic (exact) mass is 183 g/mol. The lowest BCUT2D eigenvalue weighted by Gasteiger charge is -2.25. The number of esters is 1. The molecule has 4 atom stereocenters. The molecule has 2 aliphatic rings. The first-order chi connectivity index (χ1) is 6.24. The lowest BCUT2D eigenvalue weighted by molar-refractivity contribution is -0.150. The molecule has 0 aromatic heterocycles. The van der Waals surface area contributed by atoms with E-state index in [1.54, 1.807) is 0 Å². The summed E-state index contributed by atoms with van der Waals surface area (Å²) in [5.74, 6) is 1.03. The molecule has 3 nitrogen and oxygen atoms in total. The molecular weight excluding hydrogens is 166 g/mol. The lowest BCUT2D eigenvalue weighted by Crippen LogP contribution is -2.41. The van der Waals surface area contributed by atoms with Crippen LogP contribution >= 0.6 is 0 Å². The summed E-state index contributed by atoms with van der Waals surface area (Å²) in [5, 5.41) is 0. The summed E-state index contributed by atoms with van der Waals surface area (Å²) >= 11 is 0. The van der Waals surface area contributed by atoms with Crippen LogP contribution < -0.4 is 5.73 Å². The number of rotatable bonds is 2. The standard InChI is InChI=1S/C10H17NO2/c1-2-13-10(12)8-6-3-4-7(5-6)9(8)11/h6-9H,2-5,11H2,1H3/t6-,7+,8?,9?/m1/s1. The highest BCUT2D eigenvalue weighted by atomic mass is 16.5. The summed E-state index contributed by atoms with van der Waals surface area (Å²) in [7, 11) is 0. The van der Waals surface area contributed by atoms with Crippen LogP contribution in [-0.2, 0) is 9.53 Å². The second kappa shape index (κ2) is 3.29. The zero-order valence-corrected chi connectivity index (χ0v) is 8.03. The largest absolute Gasteiger partial charge is 0.466 e. The maximum absolute atomic E-state index is 11.5. The van der Waals surface area contributed by atoms with Gasteiger partial charge in [-0.1, -0.05) is 0 Å². The normalized spacial score (nSPS) is 42.3. The zero-order chi connectivity index (χ0) is 9.42. The van der Waals surface area contributed by atoms with Crippen molar-refractivity contribution in [3.05, 3.63) is 0 Å². The van der Waals surface area contributed by atoms with E-state index in [-0.39, 0.29) is 17.9 Å². The Balaban J connectivity index is 2.03. The van der Waals surface area contributed by atoms with E-state index >= 15 is 0 Å². The highest BCUT2D eigenvalue weighted by Gasteiger charge is 2.49. The predicted molar refractivity (Wildman–Crippen MR) is 48.9 cm³/mol. The van der Waals surface area contributed by atoms with Crippen molar-refractivity contribution >= 4 is 5.97 Å². The van der Waals surface area contributed by atoms with Crippen molar-refractivity contribution in [2.24, 2.45) is 23.5 Å². The van der Waals surface area contributed by atoms with E-state index in [4.69, 9.17) is 10.5 Å². The Labute approximate surface area is 78.6 Å². The zero-order valence-electron chi connectivity index (χ0n) is 8.03. The fourth-order valence-electron chi connectivity index (χ4n) is 2.92. The van der Waals surface area contributed by atoms with Gasteiger partial charge in [0.15, 0.2) is 0 Å². The smallest absolute Gasteiger partial charge is 0.310 e. The Kier molecular flexibility index (Phi) is 2.28. The minimum absolute atomic E-state index is 0.00120. The van der Waals surface area contributed by atoms with E-state index < -0.39 is 0 Å². The van der Waals surface area contributed by atoms with Gasteiger partial charge in [-0.15, -0.1) is 0 Å². The molecule has 0 spiro atoms. The van der Waals surface area contributed by atoms with E-state index in [1.807, 2.05) is 6.92 Å². The Morgan fingerprint density at radius 2 is 2.15 bits per heavy atom. The first-order valence-corrected chi connectivity index (χ1v) is 5.16. The summed E-state index contributed by atoms with van der Waals surface area (Å²) in [6.45, 7) is 2.32. The van der Waals surface area contributed by atoms with Gasteiger partial charge in [-0.05, 0) is 38.0 Å². The van der Waals surface area contributed by atoms with Gasteiger partial charge < -0.3 is 10.5 Å². The molecule has 0 saturated heterocycles. The van der Waals surface area contributed by atoms with Gasteiger partial charge in [-0.25, -0.2) is 0 Å². The van der Waals surface area contributed by atoms with Crippen LogP contribution in [0.15, 0.2) is 0 Å². The molecule has 74 valence electrons. The van der Waals surface area contributed by atoms with Gasteiger partial charge in [0.25, 0.3) is 0 Å². The second-order valence-electron chi connectivity index (χ2n) is 4.19. The molecule has 2 saturated carbocycles. The number of ether oxygens (including phenoxy) is 1. The van der Waals surface area contributed by atoms with Crippen molar-refractivity contribution in [2.75, 3.05) is 6.61 Å².